The maximum Gasteiger partial charge on any atom is 0.119 e. The molecule has 1 saturated carbocycles. The van der Waals surface area contributed by atoms with Crippen molar-refractivity contribution in [3.63, 3.8) is 0 Å². The van der Waals surface area contributed by atoms with Gasteiger partial charge in [-0.15, -0.1) is 0 Å². The van der Waals surface area contributed by atoms with Crippen molar-refractivity contribution in [1.29, 1.82) is 0 Å². The molecule has 1 aliphatic heterocycles. The number of hydrogen-bond donors (Lipinski definition) is 1. The largest absolute Gasteiger partial charge is 0.491 e. The van der Waals surface area contributed by atoms with E-state index in [1.807, 2.05) is 24.3 Å². The lowest BCUT2D eigenvalue weighted by Crippen LogP contribution is -2.46. The number of hydrogen-bond acceptors (Lipinski definition) is 4. The molecule has 1 aromatic rings. The lowest BCUT2D eigenvalue weighted by atomic mass is 10.1. The molecule has 0 aromatic heterocycles. The van der Waals surface area contributed by atoms with Crippen molar-refractivity contribution < 1.29 is 19.3 Å². The van der Waals surface area contributed by atoms with E-state index in [9.17, 15) is 5.11 Å². The maximum atomic E-state index is 10.0. The number of aliphatic hydroxyl groups is 1. The Labute approximate surface area is 120 Å². The summed E-state index contributed by atoms with van der Waals surface area (Å²) in [4.78, 5) is 0. The summed E-state index contributed by atoms with van der Waals surface area (Å²) in [5, 5.41) is 10.0. The zero-order chi connectivity index (χ0) is 13.3. The topological polar surface area (TPSA) is 47.9 Å². The minimum absolute atomic E-state index is 0.118. The van der Waals surface area contributed by atoms with Gasteiger partial charge in [-0.05, 0) is 37.1 Å². The molecule has 3 rings (SSSR count). The van der Waals surface area contributed by atoms with Gasteiger partial charge in [0.1, 0.15) is 24.6 Å². The van der Waals surface area contributed by atoms with Crippen molar-refractivity contribution in [1.82, 2.24) is 0 Å². The van der Waals surface area contributed by atoms with Gasteiger partial charge in [-0.1, -0.05) is 15.9 Å². The van der Waals surface area contributed by atoms with Crippen molar-refractivity contribution in [2.75, 3.05) is 19.8 Å². The predicted octanol–water partition coefficient (Wildman–Crippen LogP) is 2.14. The first kappa shape index (κ1) is 13.4. The second-order valence-corrected chi connectivity index (χ2v) is 6.07. The maximum absolute atomic E-state index is 10.0. The Morgan fingerprint density at radius 3 is 2.68 bits per heavy atom. The molecule has 1 aromatic carbocycles. The van der Waals surface area contributed by atoms with Crippen molar-refractivity contribution in [3.05, 3.63) is 28.7 Å². The Balaban J connectivity index is 1.51. The fourth-order valence-corrected chi connectivity index (χ4v) is 2.42. The van der Waals surface area contributed by atoms with E-state index >= 15 is 0 Å². The van der Waals surface area contributed by atoms with E-state index in [0.29, 0.717) is 19.8 Å². The van der Waals surface area contributed by atoms with Gasteiger partial charge in [-0.2, -0.15) is 0 Å². The Bertz CT molecular complexity index is 430. The van der Waals surface area contributed by atoms with Crippen LogP contribution < -0.4 is 4.74 Å². The SMILES string of the molecule is OC1(C2COCC(COc3ccc(Br)cc3)O2)CC1. The van der Waals surface area contributed by atoms with Gasteiger partial charge >= 0.3 is 0 Å². The normalized spacial score (nSPS) is 28.9. The number of benzene rings is 1. The van der Waals surface area contributed by atoms with E-state index in [1.165, 1.54) is 0 Å². The van der Waals surface area contributed by atoms with Gasteiger partial charge < -0.3 is 19.3 Å². The lowest BCUT2D eigenvalue weighted by Gasteiger charge is -2.32. The first-order valence-corrected chi connectivity index (χ1v) is 7.29. The average molecular weight is 329 g/mol. The van der Waals surface area contributed by atoms with Gasteiger partial charge in [0.05, 0.1) is 18.8 Å². The highest BCUT2D eigenvalue weighted by Crippen LogP contribution is 2.41. The summed E-state index contributed by atoms with van der Waals surface area (Å²) in [5.74, 6) is 0.805. The molecule has 1 aliphatic carbocycles. The second kappa shape index (κ2) is 5.40. The first-order chi connectivity index (χ1) is 9.16. The Morgan fingerprint density at radius 1 is 1.26 bits per heavy atom. The summed E-state index contributed by atoms with van der Waals surface area (Å²) < 4.78 is 18.0. The minimum atomic E-state index is -0.656. The van der Waals surface area contributed by atoms with Gasteiger partial charge in [0.15, 0.2) is 0 Å². The molecule has 19 heavy (non-hydrogen) atoms. The molecule has 1 N–H and O–H groups in total. The molecule has 0 bridgehead atoms. The third-order valence-corrected chi connectivity index (χ3v) is 4.07. The summed E-state index contributed by atoms with van der Waals surface area (Å²) >= 11 is 3.38. The molecule has 1 heterocycles. The zero-order valence-corrected chi connectivity index (χ0v) is 12.1. The van der Waals surface area contributed by atoms with Crippen LogP contribution in [0, 0.1) is 0 Å². The fourth-order valence-electron chi connectivity index (χ4n) is 2.16. The van der Waals surface area contributed by atoms with Crippen LogP contribution in [-0.4, -0.2) is 42.7 Å². The quantitative estimate of drug-likeness (QED) is 0.919. The van der Waals surface area contributed by atoms with Crippen LogP contribution in [0.5, 0.6) is 5.75 Å². The highest BCUT2D eigenvalue weighted by atomic mass is 79.9. The molecule has 0 amide bonds. The number of ether oxygens (including phenoxy) is 3. The first-order valence-electron chi connectivity index (χ1n) is 6.50. The highest BCUT2D eigenvalue weighted by Gasteiger charge is 2.50. The molecule has 0 radical (unpaired) electrons. The van der Waals surface area contributed by atoms with Gasteiger partial charge in [0.25, 0.3) is 0 Å². The zero-order valence-electron chi connectivity index (χ0n) is 10.5. The van der Waals surface area contributed by atoms with Crippen molar-refractivity contribution in [3.8, 4) is 5.75 Å². The summed E-state index contributed by atoms with van der Waals surface area (Å²) in [6.45, 7) is 1.43. The van der Waals surface area contributed by atoms with Gasteiger partial charge in [0, 0.05) is 4.47 Å². The van der Waals surface area contributed by atoms with Crippen LogP contribution in [-0.2, 0) is 9.47 Å². The van der Waals surface area contributed by atoms with E-state index in [1.54, 1.807) is 0 Å². The molecule has 0 spiro atoms. The summed E-state index contributed by atoms with van der Waals surface area (Å²) in [6, 6.07) is 7.67. The van der Waals surface area contributed by atoms with E-state index in [0.717, 1.165) is 23.1 Å². The number of rotatable bonds is 4. The van der Waals surface area contributed by atoms with Gasteiger partial charge in [-0.3, -0.25) is 0 Å². The standard InChI is InChI=1S/C14H17BrO4/c15-10-1-3-11(4-2-10)18-8-12-7-17-9-13(19-12)14(16)5-6-14/h1-4,12-13,16H,5-9H2. The third-order valence-electron chi connectivity index (χ3n) is 3.54. The molecule has 2 atom stereocenters. The van der Waals surface area contributed by atoms with Crippen molar-refractivity contribution in [2.24, 2.45) is 0 Å². The third kappa shape index (κ3) is 3.28. The van der Waals surface area contributed by atoms with Crippen molar-refractivity contribution in [2.45, 2.75) is 30.7 Å². The Hall–Kier alpha value is -0.620. The van der Waals surface area contributed by atoms with Crippen LogP contribution in [0.1, 0.15) is 12.8 Å². The van der Waals surface area contributed by atoms with Crippen LogP contribution in [0.25, 0.3) is 0 Å². The highest BCUT2D eigenvalue weighted by molar-refractivity contribution is 9.10. The monoisotopic (exact) mass is 328 g/mol. The van der Waals surface area contributed by atoms with Crippen LogP contribution in [0.3, 0.4) is 0 Å². The van der Waals surface area contributed by atoms with E-state index < -0.39 is 5.60 Å². The molecule has 2 fully saturated rings. The smallest absolute Gasteiger partial charge is 0.119 e. The van der Waals surface area contributed by atoms with Gasteiger partial charge in [-0.25, -0.2) is 0 Å². The molecule has 1 saturated heterocycles. The molecule has 5 heteroatoms. The minimum Gasteiger partial charge on any atom is -0.491 e. The predicted molar refractivity (Wildman–Crippen MR) is 73.3 cm³/mol. The van der Waals surface area contributed by atoms with Crippen LogP contribution in [0.4, 0.5) is 0 Å². The van der Waals surface area contributed by atoms with Gasteiger partial charge in [0.2, 0.25) is 0 Å². The lowest BCUT2D eigenvalue weighted by molar-refractivity contribution is -0.186. The van der Waals surface area contributed by atoms with E-state index in [2.05, 4.69) is 15.9 Å². The Kier molecular flexibility index (Phi) is 3.80. The molecule has 2 aliphatic rings. The summed E-state index contributed by atoms with van der Waals surface area (Å²) in [6.07, 6.45) is 1.29. The average Bonchev–Trinajstić information content (AvgIpc) is 3.18. The van der Waals surface area contributed by atoms with Crippen LogP contribution in [0.2, 0.25) is 0 Å². The number of halogens is 1. The van der Waals surface area contributed by atoms with Crippen molar-refractivity contribution >= 4 is 15.9 Å². The second-order valence-electron chi connectivity index (χ2n) is 5.15. The van der Waals surface area contributed by atoms with E-state index in [-0.39, 0.29) is 12.2 Å². The summed E-state index contributed by atoms with van der Waals surface area (Å²) in [7, 11) is 0. The molecular weight excluding hydrogens is 312 g/mol. The van der Waals surface area contributed by atoms with Crippen LogP contribution in [0.15, 0.2) is 28.7 Å². The molecular formula is C14H17BrO4. The fraction of sp³-hybridized carbons (Fsp3) is 0.571. The molecule has 104 valence electrons. The molecule has 2 unspecified atom stereocenters. The summed E-state index contributed by atoms with van der Waals surface area (Å²) in [5.41, 5.74) is -0.656. The molecule has 4 nitrogen and oxygen atoms in total. The Morgan fingerprint density at radius 2 is 2.00 bits per heavy atom. The van der Waals surface area contributed by atoms with E-state index in [4.69, 9.17) is 14.2 Å². The van der Waals surface area contributed by atoms with Crippen LogP contribution >= 0.6 is 15.9 Å².